The van der Waals surface area contributed by atoms with Crippen LogP contribution in [0.5, 0.6) is 11.6 Å². The second-order valence-corrected chi connectivity index (χ2v) is 9.66. The molecule has 174 valence electrons. The van der Waals surface area contributed by atoms with Gasteiger partial charge >= 0.3 is 6.18 Å². The standard InChI is InChI=1S/C24H30F3N2OPS/c1-17-5-3-7-20(29(17)13-14-32-2)8-4-6-18-9-11-21(12-10-18)30-23-22(31)15-19(16-28-23)24(25,26)27/h9-12,15-16,20H,1,3-8,13-14,31H2,2H3. The predicted octanol–water partition coefficient (Wildman–Crippen LogP) is 6.45. The van der Waals surface area contributed by atoms with Gasteiger partial charge in [-0.15, -0.1) is 0 Å². The van der Waals surface area contributed by atoms with Gasteiger partial charge in [0, 0.05) is 35.5 Å². The average molecular weight is 483 g/mol. The molecule has 0 saturated carbocycles. The first kappa shape index (κ1) is 24.9. The van der Waals surface area contributed by atoms with Gasteiger partial charge in [-0.05, 0) is 68.5 Å². The summed E-state index contributed by atoms with van der Waals surface area (Å²) in [5.74, 6) is 1.83. The Balaban J connectivity index is 1.52. The molecule has 1 aliphatic heterocycles. The molecular weight excluding hydrogens is 452 g/mol. The summed E-state index contributed by atoms with van der Waals surface area (Å²) in [6, 6.07) is 9.29. The van der Waals surface area contributed by atoms with Crippen molar-refractivity contribution >= 4 is 26.3 Å². The largest absolute Gasteiger partial charge is 0.438 e. The lowest BCUT2D eigenvalue weighted by Gasteiger charge is -2.39. The number of halogens is 3. The van der Waals surface area contributed by atoms with Crippen LogP contribution in [0, 0.1) is 0 Å². The third-order valence-electron chi connectivity index (χ3n) is 5.73. The Labute approximate surface area is 195 Å². The average Bonchev–Trinajstić information content (AvgIpc) is 2.75. The number of likely N-dealkylation sites (tertiary alicyclic amines) is 1. The Morgan fingerprint density at radius 2 is 2.03 bits per heavy atom. The number of pyridine rings is 1. The topological polar surface area (TPSA) is 25.4 Å². The number of nitrogens with zero attached hydrogens (tertiary/aromatic N) is 2. The number of piperidine rings is 1. The molecule has 3 rings (SSSR count). The van der Waals surface area contributed by atoms with E-state index in [4.69, 9.17) is 4.74 Å². The van der Waals surface area contributed by atoms with Crippen molar-refractivity contribution in [2.24, 2.45) is 0 Å². The molecule has 0 amide bonds. The van der Waals surface area contributed by atoms with Crippen molar-refractivity contribution in [1.82, 2.24) is 9.88 Å². The van der Waals surface area contributed by atoms with Crippen LogP contribution in [0.2, 0.25) is 0 Å². The van der Waals surface area contributed by atoms with Gasteiger partial charge in [-0.3, -0.25) is 0 Å². The SMILES string of the molecule is C=C1CCCC(CCCc2ccc(Oc3ncc(C(F)(F)F)cc3P)cc2)N1CCSC. The summed E-state index contributed by atoms with van der Waals surface area (Å²) in [5, 5.41) is 0.268. The second-order valence-electron chi connectivity index (χ2n) is 8.05. The Hall–Kier alpha value is -1.72. The van der Waals surface area contributed by atoms with Crippen LogP contribution in [0.25, 0.3) is 0 Å². The summed E-state index contributed by atoms with van der Waals surface area (Å²) in [6.07, 6.45) is 5.31. The first-order valence-corrected chi connectivity index (χ1v) is 12.8. The van der Waals surface area contributed by atoms with Crippen LogP contribution >= 0.6 is 21.0 Å². The summed E-state index contributed by atoms with van der Waals surface area (Å²) in [5.41, 5.74) is 1.70. The monoisotopic (exact) mass is 482 g/mol. The van der Waals surface area contributed by atoms with E-state index in [1.165, 1.54) is 24.1 Å². The number of rotatable bonds is 9. The molecule has 1 saturated heterocycles. The van der Waals surface area contributed by atoms with E-state index in [9.17, 15) is 13.2 Å². The zero-order valence-corrected chi connectivity index (χ0v) is 20.3. The van der Waals surface area contributed by atoms with E-state index in [0.29, 0.717) is 11.8 Å². The maximum atomic E-state index is 12.8. The minimum Gasteiger partial charge on any atom is -0.438 e. The molecule has 0 N–H and O–H groups in total. The fraction of sp³-hybridized carbons (Fsp3) is 0.458. The van der Waals surface area contributed by atoms with Crippen molar-refractivity contribution < 1.29 is 17.9 Å². The zero-order valence-electron chi connectivity index (χ0n) is 18.3. The summed E-state index contributed by atoms with van der Waals surface area (Å²) < 4.78 is 44.0. The van der Waals surface area contributed by atoms with Gasteiger partial charge in [0.25, 0.3) is 0 Å². The molecule has 1 aromatic carbocycles. The minimum absolute atomic E-state index is 0.151. The summed E-state index contributed by atoms with van der Waals surface area (Å²) in [4.78, 5) is 6.33. The lowest BCUT2D eigenvalue weighted by molar-refractivity contribution is -0.137. The van der Waals surface area contributed by atoms with Crippen molar-refractivity contribution in [3.63, 3.8) is 0 Å². The van der Waals surface area contributed by atoms with Crippen molar-refractivity contribution in [2.45, 2.75) is 50.7 Å². The Morgan fingerprint density at radius 3 is 2.69 bits per heavy atom. The quantitative estimate of drug-likeness (QED) is 0.384. The fourth-order valence-electron chi connectivity index (χ4n) is 4.02. The lowest BCUT2D eigenvalue weighted by atomic mass is 9.94. The number of hydrogen-bond acceptors (Lipinski definition) is 4. The van der Waals surface area contributed by atoms with Crippen LogP contribution in [0.4, 0.5) is 13.2 Å². The Morgan fingerprint density at radius 1 is 1.28 bits per heavy atom. The van der Waals surface area contributed by atoms with Gasteiger partial charge in [0.1, 0.15) is 5.75 Å². The van der Waals surface area contributed by atoms with Crippen molar-refractivity contribution in [3.8, 4) is 11.6 Å². The van der Waals surface area contributed by atoms with E-state index < -0.39 is 11.7 Å². The van der Waals surface area contributed by atoms with Gasteiger partial charge in [-0.2, -0.15) is 24.9 Å². The molecule has 8 heteroatoms. The van der Waals surface area contributed by atoms with Gasteiger partial charge in [-0.1, -0.05) is 28.0 Å². The van der Waals surface area contributed by atoms with E-state index in [0.717, 1.165) is 50.2 Å². The minimum atomic E-state index is -4.42. The first-order valence-electron chi connectivity index (χ1n) is 10.8. The molecule has 0 spiro atoms. The van der Waals surface area contributed by atoms with Crippen LogP contribution in [0.1, 0.15) is 43.2 Å². The maximum absolute atomic E-state index is 12.8. The number of allylic oxidation sites excluding steroid dienone is 1. The molecule has 0 radical (unpaired) electrons. The molecule has 0 aliphatic carbocycles. The third kappa shape index (κ3) is 6.89. The van der Waals surface area contributed by atoms with Crippen LogP contribution in [0.3, 0.4) is 0 Å². The van der Waals surface area contributed by atoms with Crippen LogP contribution in [0.15, 0.2) is 48.8 Å². The highest BCUT2D eigenvalue weighted by molar-refractivity contribution is 7.98. The highest BCUT2D eigenvalue weighted by Crippen LogP contribution is 2.31. The van der Waals surface area contributed by atoms with E-state index >= 15 is 0 Å². The highest BCUT2D eigenvalue weighted by atomic mass is 32.2. The first-order chi connectivity index (χ1) is 15.3. The molecule has 2 heterocycles. The number of aryl methyl sites for hydroxylation is 1. The van der Waals surface area contributed by atoms with Crippen LogP contribution in [-0.4, -0.2) is 34.5 Å². The molecule has 32 heavy (non-hydrogen) atoms. The fourth-order valence-corrected chi connectivity index (χ4v) is 4.71. The molecule has 2 aromatic rings. The molecule has 1 fully saturated rings. The van der Waals surface area contributed by atoms with E-state index in [1.807, 2.05) is 36.0 Å². The van der Waals surface area contributed by atoms with Gasteiger partial charge in [0.05, 0.1) is 5.56 Å². The second kappa shape index (κ2) is 11.4. The molecule has 2 unspecified atom stereocenters. The molecular formula is C24H30F3N2OPS. The molecule has 1 aromatic heterocycles. The number of hydrogen-bond donors (Lipinski definition) is 0. The molecule has 1 aliphatic rings. The molecule has 2 atom stereocenters. The van der Waals surface area contributed by atoms with Crippen molar-refractivity contribution in [3.05, 3.63) is 59.9 Å². The molecule has 3 nitrogen and oxygen atoms in total. The molecule has 0 bridgehead atoms. The van der Waals surface area contributed by atoms with E-state index in [1.54, 1.807) is 0 Å². The Bertz CT molecular complexity index is 905. The normalized spacial score (nSPS) is 17.0. The van der Waals surface area contributed by atoms with Crippen LogP contribution in [-0.2, 0) is 12.6 Å². The Kier molecular flexibility index (Phi) is 8.89. The lowest BCUT2D eigenvalue weighted by Crippen LogP contribution is -2.39. The number of benzene rings is 1. The van der Waals surface area contributed by atoms with Gasteiger partial charge in [0.2, 0.25) is 5.88 Å². The van der Waals surface area contributed by atoms with Gasteiger partial charge in [0.15, 0.2) is 0 Å². The van der Waals surface area contributed by atoms with Gasteiger partial charge < -0.3 is 9.64 Å². The maximum Gasteiger partial charge on any atom is 0.417 e. The van der Waals surface area contributed by atoms with Crippen LogP contribution < -0.4 is 10.0 Å². The third-order valence-corrected chi connectivity index (χ3v) is 6.74. The van der Waals surface area contributed by atoms with Crippen molar-refractivity contribution in [2.75, 3.05) is 18.6 Å². The number of aromatic nitrogens is 1. The number of thioether (sulfide) groups is 1. The number of ether oxygens (including phenoxy) is 1. The van der Waals surface area contributed by atoms with E-state index in [2.05, 4.69) is 32.0 Å². The van der Waals surface area contributed by atoms with E-state index in [-0.39, 0.29) is 11.2 Å². The predicted molar refractivity (Wildman–Crippen MR) is 130 cm³/mol. The summed E-state index contributed by atoms with van der Waals surface area (Å²) in [6.45, 7) is 5.35. The van der Waals surface area contributed by atoms with Gasteiger partial charge in [-0.25, -0.2) is 4.98 Å². The number of alkyl halides is 3. The summed E-state index contributed by atoms with van der Waals surface area (Å²) in [7, 11) is 2.25. The zero-order chi connectivity index (χ0) is 23.1. The van der Waals surface area contributed by atoms with Crippen molar-refractivity contribution in [1.29, 1.82) is 0 Å². The smallest absolute Gasteiger partial charge is 0.417 e. The summed E-state index contributed by atoms with van der Waals surface area (Å²) >= 11 is 1.87. The highest BCUT2D eigenvalue weighted by Gasteiger charge is 2.31.